The summed E-state index contributed by atoms with van der Waals surface area (Å²) in [4.78, 5) is 19.1. The Bertz CT molecular complexity index is 1330. The van der Waals surface area contributed by atoms with Crippen molar-refractivity contribution in [3.8, 4) is 5.75 Å². The van der Waals surface area contributed by atoms with Gasteiger partial charge in [0.05, 0.1) is 23.5 Å². The number of nitrogens with zero attached hydrogens (tertiary/aromatic N) is 3. The molecule has 0 spiro atoms. The van der Waals surface area contributed by atoms with E-state index in [1.54, 1.807) is 35.5 Å². The minimum absolute atomic E-state index is 0.0427. The molecule has 188 valence electrons. The molecule has 4 aromatic rings. The summed E-state index contributed by atoms with van der Waals surface area (Å²) in [6, 6.07) is 17.4. The number of aromatic nitrogens is 2. The van der Waals surface area contributed by atoms with Crippen LogP contribution < -0.4 is 4.90 Å². The summed E-state index contributed by atoms with van der Waals surface area (Å²) in [5.41, 5.74) is 1.31. The number of rotatable bonds is 4. The monoisotopic (exact) mass is 509 g/mol. The Hall–Kier alpha value is -4.35. The molecular weight excluding hydrogens is 492 g/mol. The first-order chi connectivity index (χ1) is 16.9. The Morgan fingerprint density at radius 3 is 2.03 bits per heavy atom. The molecule has 4 rings (SSSR count). The van der Waals surface area contributed by atoms with Gasteiger partial charge in [-0.15, -0.1) is 0 Å². The maximum Gasteiger partial charge on any atom is 0.490 e. The standard InChI is InChI=1S/C22H16F3N3O.C2HF3O2/c23-22(24,25)16-7-9-18(10-8-16)28(14-17-5-1-2-12-26-17)19-11-6-15-4-3-13-27-20(15)21(19)29;3-2(4,5)1(6)7/h1-13,29H,14H2;(H,6,7). The molecule has 36 heavy (non-hydrogen) atoms. The number of pyridine rings is 2. The van der Waals surface area contributed by atoms with Gasteiger partial charge in [0.2, 0.25) is 0 Å². The first-order valence-electron chi connectivity index (χ1n) is 10.1. The second-order valence-corrected chi connectivity index (χ2v) is 7.26. The highest BCUT2D eigenvalue weighted by Gasteiger charge is 2.38. The number of hydrogen-bond donors (Lipinski definition) is 2. The molecule has 0 saturated carbocycles. The van der Waals surface area contributed by atoms with Gasteiger partial charge in [-0.25, -0.2) is 4.79 Å². The van der Waals surface area contributed by atoms with Crippen LogP contribution in [0.25, 0.3) is 10.9 Å². The summed E-state index contributed by atoms with van der Waals surface area (Å²) in [6.45, 7) is 0.262. The molecule has 0 saturated heterocycles. The summed E-state index contributed by atoms with van der Waals surface area (Å²) in [7, 11) is 0. The molecule has 12 heteroatoms. The Kier molecular flexibility index (Phi) is 7.66. The lowest BCUT2D eigenvalue weighted by molar-refractivity contribution is -0.192. The number of anilines is 2. The van der Waals surface area contributed by atoms with E-state index in [1.807, 2.05) is 24.3 Å². The van der Waals surface area contributed by atoms with Crippen LogP contribution in [0.2, 0.25) is 0 Å². The number of aliphatic carboxylic acids is 1. The molecule has 6 nitrogen and oxygen atoms in total. The largest absolute Gasteiger partial charge is 0.504 e. The first kappa shape index (κ1) is 26.3. The van der Waals surface area contributed by atoms with Crippen LogP contribution in [0.15, 0.2) is 79.1 Å². The van der Waals surface area contributed by atoms with E-state index >= 15 is 0 Å². The van der Waals surface area contributed by atoms with Gasteiger partial charge in [0.1, 0.15) is 5.52 Å². The summed E-state index contributed by atoms with van der Waals surface area (Å²) in [5, 5.41) is 18.7. The zero-order chi connectivity index (χ0) is 26.5. The first-order valence-corrected chi connectivity index (χ1v) is 10.1. The number of alkyl halides is 6. The third kappa shape index (κ3) is 6.40. The van der Waals surface area contributed by atoms with Gasteiger partial charge < -0.3 is 15.1 Å². The number of carboxylic acids is 1. The van der Waals surface area contributed by atoms with E-state index in [0.717, 1.165) is 17.5 Å². The second-order valence-electron chi connectivity index (χ2n) is 7.26. The average molecular weight is 509 g/mol. The van der Waals surface area contributed by atoms with Crippen LogP contribution in [0.4, 0.5) is 37.7 Å². The Morgan fingerprint density at radius 2 is 1.47 bits per heavy atom. The number of benzene rings is 2. The average Bonchev–Trinajstić information content (AvgIpc) is 2.83. The van der Waals surface area contributed by atoms with Crippen LogP contribution in [0.1, 0.15) is 11.3 Å². The highest BCUT2D eigenvalue weighted by molar-refractivity contribution is 5.91. The zero-order valence-corrected chi connectivity index (χ0v) is 18.1. The molecule has 2 aromatic heterocycles. The van der Waals surface area contributed by atoms with Gasteiger partial charge >= 0.3 is 18.3 Å². The number of hydrogen-bond acceptors (Lipinski definition) is 5. The lowest BCUT2D eigenvalue weighted by Gasteiger charge is -2.26. The van der Waals surface area contributed by atoms with Crippen LogP contribution in [0.3, 0.4) is 0 Å². The fourth-order valence-electron chi connectivity index (χ4n) is 3.14. The molecule has 2 N–H and O–H groups in total. The third-order valence-corrected chi connectivity index (χ3v) is 4.81. The maximum absolute atomic E-state index is 13.0. The van der Waals surface area contributed by atoms with Gasteiger partial charge in [-0.1, -0.05) is 18.2 Å². The summed E-state index contributed by atoms with van der Waals surface area (Å²) in [6.07, 6.45) is -6.28. The van der Waals surface area contributed by atoms with E-state index < -0.39 is 23.9 Å². The van der Waals surface area contributed by atoms with Crippen molar-refractivity contribution in [1.29, 1.82) is 0 Å². The van der Waals surface area contributed by atoms with Gasteiger partial charge in [-0.2, -0.15) is 26.3 Å². The van der Waals surface area contributed by atoms with Gasteiger partial charge in [0, 0.05) is 23.5 Å². The number of phenols is 1. The number of carboxylic acid groups (broad SMARTS) is 1. The van der Waals surface area contributed by atoms with Crippen molar-refractivity contribution in [2.24, 2.45) is 0 Å². The molecule has 0 bridgehead atoms. The van der Waals surface area contributed by atoms with Gasteiger partial charge in [0.25, 0.3) is 0 Å². The molecule has 0 amide bonds. The molecule has 0 aliphatic heterocycles. The Balaban J connectivity index is 0.000000454. The maximum atomic E-state index is 13.0. The topological polar surface area (TPSA) is 86.5 Å². The van der Waals surface area contributed by atoms with Crippen molar-refractivity contribution in [2.75, 3.05) is 4.90 Å². The molecule has 0 fully saturated rings. The number of aromatic hydroxyl groups is 1. The predicted octanol–water partition coefficient (Wildman–Crippen LogP) is 6.33. The van der Waals surface area contributed by atoms with Crippen LogP contribution in [-0.2, 0) is 17.5 Å². The number of fused-ring (bicyclic) bond motifs is 1. The molecule has 0 aliphatic carbocycles. The number of phenolic OH excluding ortho intramolecular Hbond substituents is 1. The van der Waals surface area contributed by atoms with E-state index in [2.05, 4.69) is 9.97 Å². The van der Waals surface area contributed by atoms with Crippen LogP contribution in [-0.4, -0.2) is 32.3 Å². The van der Waals surface area contributed by atoms with Crippen LogP contribution in [0, 0.1) is 0 Å². The summed E-state index contributed by atoms with van der Waals surface area (Å²) in [5.74, 6) is -2.80. The lowest BCUT2D eigenvalue weighted by atomic mass is 10.1. The van der Waals surface area contributed by atoms with Crippen molar-refractivity contribution >= 4 is 28.2 Å². The van der Waals surface area contributed by atoms with E-state index in [4.69, 9.17) is 9.90 Å². The molecule has 2 aromatic carbocycles. The molecule has 0 radical (unpaired) electrons. The molecule has 2 heterocycles. The normalized spacial score (nSPS) is 11.5. The third-order valence-electron chi connectivity index (χ3n) is 4.81. The number of carbonyl (C=O) groups is 1. The molecule has 0 atom stereocenters. The smallest absolute Gasteiger partial charge is 0.490 e. The van der Waals surface area contributed by atoms with Crippen molar-refractivity contribution < 1.29 is 41.4 Å². The summed E-state index contributed by atoms with van der Waals surface area (Å²) >= 11 is 0. The fourth-order valence-corrected chi connectivity index (χ4v) is 3.14. The molecule has 0 unspecified atom stereocenters. The van der Waals surface area contributed by atoms with E-state index in [-0.39, 0.29) is 12.3 Å². The van der Waals surface area contributed by atoms with Crippen molar-refractivity contribution in [1.82, 2.24) is 9.97 Å². The number of halogens is 6. The van der Waals surface area contributed by atoms with Crippen molar-refractivity contribution in [3.63, 3.8) is 0 Å². The minimum Gasteiger partial charge on any atom is -0.504 e. The molecule has 0 aliphatic rings. The second kappa shape index (κ2) is 10.5. The highest BCUT2D eigenvalue weighted by Crippen LogP contribution is 2.39. The highest BCUT2D eigenvalue weighted by atomic mass is 19.4. The Morgan fingerprint density at radius 1 is 0.833 bits per heavy atom. The van der Waals surface area contributed by atoms with Gasteiger partial charge in [0.15, 0.2) is 5.75 Å². The van der Waals surface area contributed by atoms with Crippen molar-refractivity contribution in [3.05, 3.63) is 90.4 Å². The van der Waals surface area contributed by atoms with Gasteiger partial charge in [-0.05, 0) is 48.5 Å². The van der Waals surface area contributed by atoms with E-state index in [1.165, 1.54) is 12.1 Å². The molecular formula is C24H17F6N3O3. The van der Waals surface area contributed by atoms with Crippen LogP contribution in [0.5, 0.6) is 5.75 Å². The lowest BCUT2D eigenvalue weighted by Crippen LogP contribution is -2.21. The summed E-state index contributed by atoms with van der Waals surface area (Å²) < 4.78 is 70.6. The fraction of sp³-hybridized carbons (Fsp3) is 0.125. The van der Waals surface area contributed by atoms with Crippen LogP contribution >= 0.6 is 0 Å². The Labute approximate surface area is 200 Å². The zero-order valence-electron chi connectivity index (χ0n) is 18.1. The SMILES string of the molecule is O=C(O)C(F)(F)F.Oc1c(N(Cc2ccccn2)c2ccc(C(F)(F)F)cc2)ccc2cccnc12. The predicted molar refractivity (Wildman–Crippen MR) is 119 cm³/mol. The van der Waals surface area contributed by atoms with Crippen molar-refractivity contribution in [2.45, 2.75) is 18.9 Å². The quantitative estimate of drug-likeness (QED) is 0.313. The van der Waals surface area contributed by atoms with E-state index in [9.17, 15) is 31.4 Å². The van der Waals surface area contributed by atoms with Gasteiger partial charge in [-0.3, -0.25) is 9.97 Å². The van der Waals surface area contributed by atoms with E-state index in [0.29, 0.717) is 22.6 Å². The minimum atomic E-state index is -5.08.